The van der Waals surface area contributed by atoms with Crippen molar-refractivity contribution in [2.45, 2.75) is 26.7 Å². The number of nitrogens with zero attached hydrogens (tertiary/aromatic N) is 1. The van der Waals surface area contributed by atoms with Gasteiger partial charge < -0.3 is 10.6 Å². The summed E-state index contributed by atoms with van der Waals surface area (Å²) in [6, 6.07) is 3.25. The second-order valence-corrected chi connectivity index (χ2v) is 4.99. The van der Waals surface area contributed by atoms with Crippen LogP contribution in [0.4, 0.5) is 5.82 Å². The summed E-state index contributed by atoms with van der Waals surface area (Å²) in [6.07, 6.45) is 2.10. The molecule has 1 rings (SSSR count). The Bertz CT molecular complexity index is 407. The molecule has 1 amide bonds. The number of hydrogen-bond acceptors (Lipinski definition) is 3. The molecule has 0 radical (unpaired) electrons. The first-order valence-corrected chi connectivity index (χ1v) is 6.54. The van der Waals surface area contributed by atoms with Crippen molar-refractivity contribution in [3.05, 3.63) is 22.8 Å². The number of rotatable bonds is 6. The molecule has 0 aliphatic heterocycles. The van der Waals surface area contributed by atoms with Crippen LogP contribution in [0.15, 0.2) is 12.1 Å². The van der Waals surface area contributed by atoms with Crippen LogP contribution in [-0.2, 0) is 0 Å². The minimum absolute atomic E-state index is 0.112. The molecule has 4 nitrogen and oxygen atoms in total. The second kappa shape index (κ2) is 7.21. The van der Waals surface area contributed by atoms with E-state index in [1.807, 2.05) is 0 Å². The predicted octanol–water partition coefficient (Wildman–Crippen LogP) is 2.94. The summed E-state index contributed by atoms with van der Waals surface area (Å²) >= 11 is 5.84. The molecule has 0 saturated carbocycles. The van der Waals surface area contributed by atoms with Gasteiger partial charge in [0.15, 0.2) is 0 Å². The lowest BCUT2D eigenvalue weighted by atomic mass is 10.1. The van der Waals surface area contributed by atoms with Gasteiger partial charge in [-0.05, 0) is 30.9 Å². The summed E-state index contributed by atoms with van der Waals surface area (Å²) in [5.74, 6) is 1.14. The normalized spacial score (nSPS) is 10.5. The van der Waals surface area contributed by atoms with Crippen LogP contribution in [0.1, 0.15) is 37.0 Å². The fourth-order valence-corrected chi connectivity index (χ4v) is 1.78. The van der Waals surface area contributed by atoms with E-state index in [0.29, 0.717) is 29.0 Å². The number of anilines is 1. The summed E-state index contributed by atoms with van der Waals surface area (Å²) < 4.78 is 0. The predicted molar refractivity (Wildman–Crippen MR) is 75.2 cm³/mol. The summed E-state index contributed by atoms with van der Waals surface area (Å²) in [5.41, 5.74) is 0.531. The Balaban J connectivity index is 2.53. The van der Waals surface area contributed by atoms with E-state index in [1.165, 1.54) is 0 Å². The number of nitrogens with one attached hydrogen (secondary N) is 2. The van der Waals surface area contributed by atoms with Crippen molar-refractivity contribution < 1.29 is 4.79 Å². The number of hydrogen-bond donors (Lipinski definition) is 2. The average molecular weight is 270 g/mol. The molecule has 0 saturated heterocycles. The van der Waals surface area contributed by atoms with E-state index in [4.69, 9.17) is 11.6 Å². The molecule has 0 spiro atoms. The first-order chi connectivity index (χ1) is 8.52. The lowest BCUT2D eigenvalue weighted by Crippen LogP contribution is -2.24. The van der Waals surface area contributed by atoms with E-state index < -0.39 is 0 Å². The number of halogens is 1. The molecule has 0 unspecified atom stereocenters. The molecule has 1 aromatic heterocycles. The highest BCUT2D eigenvalue weighted by atomic mass is 35.5. The van der Waals surface area contributed by atoms with Gasteiger partial charge in [-0.25, -0.2) is 4.98 Å². The zero-order valence-corrected chi connectivity index (χ0v) is 11.8. The monoisotopic (exact) mass is 269 g/mol. The van der Waals surface area contributed by atoms with Crippen molar-refractivity contribution in [3.8, 4) is 0 Å². The molecule has 0 aromatic carbocycles. The van der Waals surface area contributed by atoms with Gasteiger partial charge in [0.2, 0.25) is 0 Å². The van der Waals surface area contributed by atoms with Crippen LogP contribution in [0.3, 0.4) is 0 Å². The lowest BCUT2D eigenvalue weighted by molar-refractivity contribution is 0.0952. The molecule has 0 bridgehead atoms. The number of amides is 1. The third kappa shape index (κ3) is 4.92. The average Bonchev–Trinajstić information content (AvgIpc) is 2.33. The molecule has 100 valence electrons. The molecule has 0 fully saturated rings. The molecule has 18 heavy (non-hydrogen) atoms. The van der Waals surface area contributed by atoms with Crippen molar-refractivity contribution in [1.82, 2.24) is 10.3 Å². The highest BCUT2D eigenvalue weighted by Crippen LogP contribution is 2.14. The van der Waals surface area contributed by atoms with E-state index in [0.717, 1.165) is 12.8 Å². The second-order valence-electron chi connectivity index (χ2n) is 4.61. The van der Waals surface area contributed by atoms with Crippen LogP contribution < -0.4 is 10.6 Å². The summed E-state index contributed by atoms with van der Waals surface area (Å²) in [5, 5.41) is 6.06. The Morgan fingerprint density at radius 2 is 2.17 bits per heavy atom. The molecule has 1 aromatic rings. The zero-order chi connectivity index (χ0) is 13.5. The zero-order valence-electron chi connectivity index (χ0n) is 11.1. The van der Waals surface area contributed by atoms with Crippen LogP contribution in [0.5, 0.6) is 0 Å². The van der Waals surface area contributed by atoms with Gasteiger partial charge in [0.1, 0.15) is 11.0 Å². The molecule has 0 aliphatic carbocycles. The van der Waals surface area contributed by atoms with Crippen LogP contribution >= 0.6 is 11.6 Å². The Hall–Kier alpha value is -1.29. The number of carbonyl (C=O) groups excluding carboxylic acids is 1. The first-order valence-electron chi connectivity index (χ1n) is 6.16. The maximum Gasteiger partial charge on any atom is 0.251 e. The molecular weight excluding hydrogens is 250 g/mol. The van der Waals surface area contributed by atoms with E-state index in [-0.39, 0.29) is 5.91 Å². The Morgan fingerprint density at radius 1 is 1.44 bits per heavy atom. The van der Waals surface area contributed by atoms with Crippen LogP contribution in [0, 0.1) is 5.92 Å². The van der Waals surface area contributed by atoms with Gasteiger partial charge in [-0.15, -0.1) is 0 Å². The third-order valence-corrected chi connectivity index (χ3v) is 2.75. The standard InChI is InChI=1S/C13H20ClN3O/c1-9(2)5-4-6-16-13(18)10-7-11(14)17-12(8-10)15-3/h7-9H,4-6H2,1-3H3,(H,15,17)(H,16,18). The number of pyridine rings is 1. The first kappa shape index (κ1) is 14.8. The van der Waals surface area contributed by atoms with Crippen molar-refractivity contribution >= 4 is 23.3 Å². The topological polar surface area (TPSA) is 54.0 Å². The van der Waals surface area contributed by atoms with E-state index >= 15 is 0 Å². The van der Waals surface area contributed by atoms with Gasteiger partial charge in [0.05, 0.1) is 0 Å². The highest BCUT2D eigenvalue weighted by molar-refractivity contribution is 6.29. The largest absolute Gasteiger partial charge is 0.373 e. The minimum atomic E-state index is -0.112. The molecule has 0 atom stereocenters. The quantitative estimate of drug-likeness (QED) is 0.617. The maximum atomic E-state index is 11.9. The Labute approximate surface area is 113 Å². The van der Waals surface area contributed by atoms with Gasteiger partial charge in [0.25, 0.3) is 5.91 Å². The minimum Gasteiger partial charge on any atom is -0.373 e. The van der Waals surface area contributed by atoms with E-state index in [9.17, 15) is 4.79 Å². The third-order valence-electron chi connectivity index (χ3n) is 2.56. The fourth-order valence-electron chi connectivity index (χ4n) is 1.57. The van der Waals surface area contributed by atoms with Crippen molar-refractivity contribution in [2.24, 2.45) is 5.92 Å². The Morgan fingerprint density at radius 3 is 2.78 bits per heavy atom. The molecule has 1 heterocycles. The Kier molecular flexibility index (Phi) is 5.92. The van der Waals surface area contributed by atoms with Crippen LogP contribution in [-0.4, -0.2) is 24.5 Å². The van der Waals surface area contributed by atoms with Gasteiger partial charge in [0, 0.05) is 19.2 Å². The van der Waals surface area contributed by atoms with Gasteiger partial charge >= 0.3 is 0 Å². The number of carbonyl (C=O) groups is 1. The summed E-state index contributed by atoms with van der Waals surface area (Å²) in [6.45, 7) is 5.03. The summed E-state index contributed by atoms with van der Waals surface area (Å²) in [7, 11) is 1.74. The highest BCUT2D eigenvalue weighted by Gasteiger charge is 2.08. The van der Waals surface area contributed by atoms with Crippen molar-refractivity contribution in [2.75, 3.05) is 18.9 Å². The SMILES string of the molecule is CNc1cc(C(=O)NCCCC(C)C)cc(Cl)n1. The molecule has 2 N–H and O–H groups in total. The fraction of sp³-hybridized carbons (Fsp3) is 0.538. The van der Waals surface area contributed by atoms with E-state index in [2.05, 4.69) is 29.5 Å². The number of aromatic nitrogens is 1. The summed E-state index contributed by atoms with van der Waals surface area (Å²) in [4.78, 5) is 15.9. The smallest absolute Gasteiger partial charge is 0.251 e. The van der Waals surface area contributed by atoms with Crippen molar-refractivity contribution in [1.29, 1.82) is 0 Å². The molecule has 0 aliphatic rings. The van der Waals surface area contributed by atoms with Gasteiger partial charge in [-0.2, -0.15) is 0 Å². The van der Waals surface area contributed by atoms with Crippen LogP contribution in [0.2, 0.25) is 5.15 Å². The lowest BCUT2D eigenvalue weighted by Gasteiger charge is -2.08. The van der Waals surface area contributed by atoms with Crippen molar-refractivity contribution in [3.63, 3.8) is 0 Å². The molecular formula is C13H20ClN3O. The maximum absolute atomic E-state index is 11.9. The van der Waals surface area contributed by atoms with Gasteiger partial charge in [-0.1, -0.05) is 25.4 Å². The van der Waals surface area contributed by atoms with E-state index in [1.54, 1.807) is 19.2 Å². The molecule has 5 heteroatoms. The van der Waals surface area contributed by atoms with Crippen LogP contribution in [0.25, 0.3) is 0 Å². The van der Waals surface area contributed by atoms with Gasteiger partial charge in [-0.3, -0.25) is 4.79 Å².